The number of amides is 2. The zero-order chi connectivity index (χ0) is 23.1. The molecule has 1 aliphatic heterocycles. The van der Waals surface area contributed by atoms with Crippen LogP contribution in [0.25, 0.3) is 11.0 Å². The molecule has 1 unspecified atom stereocenters. The molecule has 1 fully saturated rings. The van der Waals surface area contributed by atoms with Crippen molar-refractivity contribution in [3.8, 4) is 0 Å². The summed E-state index contributed by atoms with van der Waals surface area (Å²) >= 11 is 0. The Kier molecular flexibility index (Phi) is 8.21. The maximum Gasteiger partial charge on any atom is 0.329 e. The van der Waals surface area contributed by atoms with E-state index in [0.29, 0.717) is 12.1 Å². The van der Waals surface area contributed by atoms with Crippen LogP contribution in [0.3, 0.4) is 0 Å². The second-order valence-corrected chi connectivity index (χ2v) is 8.19. The number of nitrogens with one attached hydrogen (secondary N) is 1. The average molecular weight is 445 g/mol. The molecule has 1 aliphatic rings. The number of aldehydes is 1. The maximum atomic E-state index is 13.1. The molecule has 2 amide bonds. The average Bonchev–Trinajstić information content (AvgIpc) is 3.08. The molecular formula is C23H32N4O5. The van der Waals surface area contributed by atoms with E-state index in [4.69, 9.17) is 4.74 Å². The molecule has 9 heteroatoms. The third-order valence-electron chi connectivity index (χ3n) is 6.17. The van der Waals surface area contributed by atoms with Gasteiger partial charge < -0.3 is 19.7 Å². The van der Waals surface area contributed by atoms with Gasteiger partial charge in [0.25, 0.3) is 0 Å². The van der Waals surface area contributed by atoms with E-state index in [9.17, 15) is 19.2 Å². The lowest BCUT2D eigenvalue weighted by Gasteiger charge is -2.29. The number of rotatable bonds is 11. The summed E-state index contributed by atoms with van der Waals surface area (Å²) in [5.41, 5.74) is 2.24. The molecule has 174 valence electrons. The van der Waals surface area contributed by atoms with Gasteiger partial charge in [0.2, 0.25) is 12.3 Å². The van der Waals surface area contributed by atoms with E-state index in [1.807, 2.05) is 18.2 Å². The van der Waals surface area contributed by atoms with Gasteiger partial charge in [0.15, 0.2) is 0 Å². The lowest BCUT2D eigenvalue weighted by Crippen LogP contribution is -2.36. The molecule has 32 heavy (non-hydrogen) atoms. The summed E-state index contributed by atoms with van der Waals surface area (Å²) in [5, 5.41) is 2.61. The van der Waals surface area contributed by atoms with Gasteiger partial charge >= 0.3 is 5.69 Å². The van der Waals surface area contributed by atoms with E-state index >= 15 is 0 Å². The van der Waals surface area contributed by atoms with Crippen molar-refractivity contribution in [2.75, 3.05) is 26.7 Å². The number of piperidine rings is 1. The molecule has 0 spiro atoms. The van der Waals surface area contributed by atoms with E-state index in [1.54, 1.807) is 16.5 Å². The number of fused-ring (bicyclic) bond motifs is 1. The summed E-state index contributed by atoms with van der Waals surface area (Å²) in [7, 11) is 3.24. The zero-order valence-electron chi connectivity index (χ0n) is 18.8. The van der Waals surface area contributed by atoms with Gasteiger partial charge in [0.05, 0.1) is 17.1 Å². The molecule has 0 radical (unpaired) electrons. The molecule has 1 N–H and O–H groups in total. The summed E-state index contributed by atoms with van der Waals surface area (Å²) in [5.74, 6) is -0.291. The number of aromatic nitrogens is 2. The van der Waals surface area contributed by atoms with Crippen LogP contribution in [0, 0.1) is 0 Å². The Morgan fingerprint density at radius 1 is 1.28 bits per heavy atom. The molecule has 2 heterocycles. The topological polar surface area (TPSA) is 103 Å². The van der Waals surface area contributed by atoms with Crippen LogP contribution >= 0.6 is 0 Å². The fourth-order valence-corrected chi connectivity index (χ4v) is 4.45. The van der Waals surface area contributed by atoms with Crippen molar-refractivity contribution in [2.24, 2.45) is 7.05 Å². The third-order valence-corrected chi connectivity index (χ3v) is 6.17. The third kappa shape index (κ3) is 5.09. The minimum absolute atomic E-state index is 0.179. The first kappa shape index (κ1) is 23.7. The molecule has 1 saturated heterocycles. The molecule has 1 atom stereocenters. The predicted octanol–water partition coefficient (Wildman–Crippen LogP) is 1.18. The molecule has 1 aromatic carbocycles. The Morgan fingerprint density at radius 3 is 2.69 bits per heavy atom. The van der Waals surface area contributed by atoms with E-state index in [0.717, 1.165) is 62.5 Å². The lowest BCUT2D eigenvalue weighted by atomic mass is 10.1. The summed E-state index contributed by atoms with van der Waals surface area (Å²) < 4.78 is 9.07. The monoisotopic (exact) mass is 444 g/mol. The first-order chi connectivity index (χ1) is 15.5. The van der Waals surface area contributed by atoms with Gasteiger partial charge in [0, 0.05) is 40.2 Å². The second-order valence-electron chi connectivity index (χ2n) is 8.19. The number of aryl methyl sites for hydroxylation is 2. The number of imidazole rings is 1. The largest absolute Gasteiger partial charge is 0.378 e. The van der Waals surface area contributed by atoms with Crippen LogP contribution in [-0.4, -0.2) is 65.5 Å². The van der Waals surface area contributed by atoms with Gasteiger partial charge in [-0.05, 0) is 43.7 Å². The number of hydrogen-bond acceptors (Lipinski definition) is 5. The van der Waals surface area contributed by atoms with Crippen LogP contribution in [0.2, 0.25) is 0 Å². The minimum atomic E-state index is -0.739. The van der Waals surface area contributed by atoms with Gasteiger partial charge in [-0.15, -0.1) is 0 Å². The Bertz CT molecular complexity index is 1000. The van der Waals surface area contributed by atoms with Gasteiger partial charge in [-0.25, -0.2) is 4.79 Å². The molecule has 2 aromatic rings. The van der Waals surface area contributed by atoms with Gasteiger partial charge in [0.1, 0.15) is 12.3 Å². The van der Waals surface area contributed by atoms with Gasteiger partial charge in [-0.1, -0.05) is 12.1 Å². The first-order valence-electron chi connectivity index (χ1n) is 11.2. The molecule has 3 rings (SSSR count). The SMILES string of the molecule is CNC(=O)C(CCC=O)n1c(=O)n(C)c2c(CCCOC3CCN(C=O)CC3)cccc21. The van der Waals surface area contributed by atoms with E-state index in [1.165, 1.54) is 11.6 Å². The van der Waals surface area contributed by atoms with Crippen LogP contribution in [0.5, 0.6) is 0 Å². The summed E-state index contributed by atoms with van der Waals surface area (Å²) in [4.78, 5) is 49.0. The smallest absolute Gasteiger partial charge is 0.329 e. The van der Waals surface area contributed by atoms with E-state index in [-0.39, 0.29) is 30.5 Å². The van der Waals surface area contributed by atoms with Crippen LogP contribution in [-0.2, 0) is 32.6 Å². The number of para-hydroxylation sites is 1. The Labute approximate surface area is 187 Å². The van der Waals surface area contributed by atoms with Gasteiger partial charge in [-0.2, -0.15) is 0 Å². The fraction of sp³-hybridized carbons (Fsp3) is 0.565. The highest BCUT2D eigenvalue weighted by molar-refractivity contribution is 5.85. The number of likely N-dealkylation sites (tertiary alicyclic amines) is 1. The Balaban J connectivity index is 1.74. The lowest BCUT2D eigenvalue weighted by molar-refractivity contribution is -0.124. The van der Waals surface area contributed by atoms with Crippen LogP contribution < -0.4 is 11.0 Å². The van der Waals surface area contributed by atoms with Gasteiger partial charge in [-0.3, -0.25) is 18.7 Å². The van der Waals surface area contributed by atoms with Crippen LogP contribution in [0.4, 0.5) is 0 Å². The molecule has 0 bridgehead atoms. The quantitative estimate of drug-likeness (QED) is 0.414. The number of ether oxygens (including phenoxy) is 1. The van der Waals surface area contributed by atoms with Crippen molar-refractivity contribution in [3.63, 3.8) is 0 Å². The molecular weight excluding hydrogens is 412 g/mol. The number of benzene rings is 1. The number of likely N-dealkylation sites (N-methyl/N-ethyl adjacent to an activating group) is 1. The molecule has 9 nitrogen and oxygen atoms in total. The van der Waals surface area contributed by atoms with Crippen LogP contribution in [0.1, 0.15) is 43.7 Å². The first-order valence-corrected chi connectivity index (χ1v) is 11.2. The van der Waals surface area contributed by atoms with Crippen LogP contribution in [0.15, 0.2) is 23.0 Å². The zero-order valence-corrected chi connectivity index (χ0v) is 18.8. The molecule has 1 aromatic heterocycles. The number of hydrogen-bond donors (Lipinski definition) is 1. The van der Waals surface area contributed by atoms with Crippen molar-refractivity contribution >= 4 is 29.6 Å². The molecule has 0 aliphatic carbocycles. The highest BCUT2D eigenvalue weighted by Crippen LogP contribution is 2.24. The second kappa shape index (κ2) is 11.1. The van der Waals surface area contributed by atoms with E-state index in [2.05, 4.69) is 5.32 Å². The van der Waals surface area contributed by atoms with Crippen molar-refractivity contribution < 1.29 is 19.1 Å². The minimum Gasteiger partial charge on any atom is -0.378 e. The summed E-state index contributed by atoms with van der Waals surface area (Å²) in [6.07, 6.45) is 5.55. The fourth-order valence-electron chi connectivity index (χ4n) is 4.45. The van der Waals surface area contributed by atoms with E-state index < -0.39 is 6.04 Å². The number of carbonyl (C=O) groups excluding carboxylic acids is 3. The highest BCUT2D eigenvalue weighted by Gasteiger charge is 2.25. The number of carbonyl (C=O) groups is 3. The van der Waals surface area contributed by atoms with Crippen molar-refractivity contribution in [1.29, 1.82) is 0 Å². The predicted molar refractivity (Wildman–Crippen MR) is 121 cm³/mol. The standard InChI is InChI=1S/C23H32N4O5/c1-24-22(30)20(9-4-14-28)27-19-8-3-6-17(21(19)25(2)23(27)31)7-5-15-32-18-10-12-26(16-29)13-11-18/h3,6,8,14,16,18,20H,4-5,7,9-13,15H2,1-2H3,(H,24,30). The van der Waals surface area contributed by atoms with Crippen molar-refractivity contribution in [1.82, 2.24) is 19.4 Å². The van der Waals surface area contributed by atoms with Crippen molar-refractivity contribution in [3.05, 3.63) is 34.2 Å². The molecule has 0 saturated carbocycles. The number of nitrogens with zero attached hydrogens (tertiary/aromatic N) is 3. The highest BCUT2D eigenvalue weighted by atomic mass is 16.5. The summed E-state index contributed by atoms with van der Waals surface area (Å²) in [6.45, 7) is 2.08. The Hall–Kier alpha value is -2.94. The van der Waals surface area contributed by atoms with Crippen molar-refractivity contribution in [2.45, 2.75) is 50.7 Å². The Morgan fingerprint density at radius 2 is 2.03 bits per heavy atom. The normalized spacial score (nSPS) is 15.6. The maximum absolute atomic E-state index is 13.1. The summed E-state index contributed by atoms with van der Waals surface area (Å²) in [6, 6.07) is 4.99.